The number of aliphatic carboxylic acids is 1. The first-order valence-electron chi connectivity index (χ1n) is 6.82. The van der Waals surface area contributed by atoms with Gasteiger partial charge in [-0.2, -0.15) is 0 Å². The highest BCUT2D eigenvalue weighted by atomic mass is 32.2. The second-order valence-corrected chi connectivity index (χ2v) is 7.07. The third-order valence-electron chi connectivity index (χ3n) is 3.18. The normalized spacial score (nSPS) is 11.5. The summed E-state index contributed by atoms with van der Waals surface area (Å²) in [5.41, 5.74) is 0. The maximum absolute atomic E-state index is 12.8. The Morgan fingerprint density at radius 2 is 1.74 bits per heavy atom. The number of halogens is 1. The number of carboxylic acids is 1. The van der Waals surface area contributed by atoms with E-state index >= 15 is 0 Å². The zero-order valence-electron chi connectivity index (χ0n) is 12.9. The number of benzene rings is 1. The molecule has 0 radical (unpaired) electrons. The number of sulfonamides is 1. The Balaban J connectivity index is 2.56. The van der Waals surface area contributed by atoms with Gasteiger partial charge in [-0.05, 0) is 30.7 Å². The second kappa shape index (κ2) is 8.02. The van der Waals surface area contributed by atoms with E-state index in [1.54, 1.807) is 0 Å². The number of carbonyl (C=O) groups excluding carboxylic acids is 1. The lowest BCUT2D eigenvalue weighted by Crippen LogP contribution is -2.33. The molecule has 1 aromatic rings. The van der Waals surface area contributed by atoms with Gasteiger partial charge >= 0.3 is 5.97 Å². The number of amides is 1. The molecule has 9 heteroatoms. The predicted molar refractivity (Wildman–Crippen MR) is 80.7 cm³/mol. The minimum absolute atomic E-state index is 0.0317. The van der Waals surface area contributed by atoms with Crippen LogP contribution >= 0.6 is 0 Å². The molecule has 7 nitrogen and oxygen atoms in total. The average molecular weight is 346 g/mol. The Kier molecular flexibility index (Phi) is 6.64. The Bertz CT molecular complexity index is 660. The van der Waals surface area contributed by atoms with Crippen LogP contribution in [0.1, 0.15) is 12.8 Å². The highest BCUT2D eigenvalue weighted by molar-refractivity contribution is 7.89. The molecule has 0 saturated carbocycles. The molecular formula is C14H19FN2O5S. The molecule has 0 bridgehead atoms. The first-order valence-corrected chi connectivity index (χ1v) is 8.26. The number of hydrogen-bond donors (Lipinski definition) is 1. The molecule has 0 aliphatic carbocycles. The van der Waals surface area contributed by atoms with E-state index in [2.05, 4.69) is 0 Å². The summed E-state index contributed by atoms with van der Waals surface area (Å²) < 4.78 is 38.4. The number of likely N-dealkylation sites (N-methyl/N-ethyl adjacent to an activating group) is 1. The first kappa shape index (κ1) is 19.0. The number of carboxylic acid groups (broad SMARTS) is 1. The van der Waals surface area contributed by atoms with Gasteiger partial charge in [-0.15, -0.1) is 0 Å². The Morgan fingerprint density at radius 1 is 1.17 bits per heavy atom. The lowest BCUT2D eigenvalue weighted by Gasteiger charge is -2.18. The zero-order valence-corrected chi connectivity index (χ0v) is 13.7. The molecule has 1 amide bonds. The van der Waals surface area contributed by atoms with Gasteiger partial charge < -0.3 is 10.0 Å². The summed E-state index contributed by atoms with van der Waals surface area (Å²) in [5.74, 6) is -2.02. The van der Waals surface area contributed by atoms with Crippen molar-refractivity contribution in [2.24, 2.45) is 0 Å². The van der Waals surface area contributed by atoms with Crippen molar-refractivity contribution >= 4 is 21.9 Å². The standard InChI is InChI=1S/C14H19FN2O5S/c1-16(10-14(19)20)13(18)4-3-9-17(2)23(21,22)12-7-5-11(15)6-8-12/h5-8H,3-4,9-10H2,1-2H3,(H,19,20). The van der Waals surface area contributed by atoms with Crippen molar-refractivity contribution in [2.75, 3.05) is 27.2 Å². The predicted octanol–water partition coefficient (Wildman–Crippen LogP) is 0.769. The highest BCUT2D eigenvalue weighted by Crippen LogP contribution is 2.15. The van der Waals surface area contributed by atoms with E-state index in [9.17, 15) is 22.4 Å². The molecule has 1 aromatic carbocycles. The molecule has 0 heterocycles. The fourth-order valence-electron chi connectivity index (χ4n) is 1.84. The molecule has 0 unspecified atom stereocenters. The number of hydrogen-bond acceptors (Lipinski definition) is 4. The van der Waals surface area contributed by atoms with Gasteiger partial charge in [0, 0.05) is 27.1 Å². The van der Waals surface area contributed by atoms with Gasteiger partial charge in [-0.25, -0.2) is 17.1 Å². The molecule has 0 fully saturated rings. The van der Waals surface area contributed by atoms with Gasteiger partial charge in [0.15, 0.2) is 0 Å². The quantitative estimate of drug-likeness (QED) is 0.750. The van der Waals surface area contributed by atoms with Crippen molar-refractivity contribution in [1.29, 1.82) is 0 Å². The first-order chi connectivity index (χ1) is 10.6. The minimum atomic E-state index is -3.75. The van der Waals surface area contributed by atoms with Crippen LogP contribution in [0.5, 0.6) is 0 Å². The SMILES string of the molecule is CN(CC(=O)O)C(=O)CCCN(C)S(=O)(=O)c1ccc(F)cc1. The largest absolute Gasteiger partial charge is 0.480 e. The molecule has 0 aromatic heterocycles. The van der Waals surface area contributed by atoms with Gasteiger partial charge in [0.05, 0.1) is 4.90 Å². The van der Waals surface area contributed by atoms with Crippen LogP contribution in [0, 0.1) is 5.82 Å². The van der Waals surface area contributed by atoms with Crippen molar-refractivity contribution in [3.63, 3.8) is 0 Å². The van der Waals surface area contributed by atoms with Crippen molar-refractivity contribution in [2.45, 2.75) is 17.7 Å². The summed E-state index contributed by atoms with van der Waals surface area (Å²) >= 11 is 0. The summed E-state index contributed by atoms with van der Waals surface area (Å²) in [4.78, 5) is 23.2. The summed E-state index contributed by atoms with van der Waals surface area (Å²) in [6.45, 7) is -0.311. The van der Waals surface area contributed by atoms with Crippen LogP contribution in [-0.2, 0) is 19.6 Å². The summed E-state index contributed by atoms with van der Waals surface area (Å²) in [7, 11) is -1.01. The lowest BCUT2D eigenvalue weighted by molar-refractivity contribution is -0.143. The minimum Gasteiger partial charge on any atom is -0.480 e. The van der Waals surface area contributed by atoms with Crippen molar-refractivity contribution in [3.8, 4) is 0 Å². The van der Waals surface area contributed by atoms with Gasteiger partial charge in [0.1, 0.15) is 12.4 Å². The van der Waals surface area contributed by atoms with Crippen molar-refractivity contribution in [3.05, 3.63) is 30.1 Å². The number of rotatable bonds is 8. The lowest BCUT2D eigenvalue weighted by atomic mass is 10.3. The average Bonchev–Trinajstić information content (AvgIpc) is 2.46. The highest BCUT2D eigenvalue weighted by Gasteiger charge is 2.21. The summed E-state index contributed by atoms with van der Waals surface area (Å²) in [6.07, 6.45) is 0.284. The van der Waals surface area contributed by atoms with Crippen molar-refractivity contribution < 1.29 is 27.5 Å². The number of nitrogens with zero attached hydrogens (tertiary/aromatic N) is 2. The molecule has 1 N–H and O–H groups in total. The van der Waals surface area contributed by atoms with Gasteiger partial charge in [-0.1, -0.05) is 0 Å². The third-order valence-corrected chi connectivity index (χ3v) is 5.05. The molecular weight excluding hydrogens is 327 g/mol. The van der Waals surface area contributed by atoms with Gasteiger partial charge in [-0.3, -0.25) is 9.59 Å². The zero-order chi connectivity index (χ0) is 17.6. The third kappa shape index (κ3) is 5.61. The number of carbonyl (C=O) groups is 2. The van der Waals surface area contributed by atoms with E-state index in [1.807, 2.05) is 0 Å². The van der Waals surface area contributed by atoms with E-state index < -0.39 is 28.4 Å². The summed E-state index contributed by atoms with van der Waals surface area (Å²) in [5, 5.41) is 8.59. The summed E-state index contributed by atoms with van der Waals surface area (Å²) in [6, 6.07) is 4.47. The Hall–Kier alpha value is -2.00. The van der Waals surface area contributed by atoms with Crippen LogP contribution in [0.2, 0.25) is 0 Å². The van der Waals surface area contributed by atoms with E-state index in [-0.39, 0.29) is 30.2 Å². The molecule has 0 aliphatic rings. The topological polar surface area (TPSA) is 95.0 Å². The Labute approximate surface area is 134 Å². The maximum Gasteiger partial charge on any atom is 0.323 e. The van der Waals surface area contributed by atoms with E-state index in [1.165, 1.54) is 26.2 Å². The molecule has 128 valence electrons. The fourth-order valence-corrected chi connectivity index (χ4v) is 3.05. The van der Waals surface area contributed by atoms with Gasteiger partial charge in [0.2, 0.25) is 15.9 Å². The van der Waals surface area contributed by atoms with Crippen LogP contribution in [0.15, 0.2) is 29.2 Å². The van der Waals surface area contributed by atoms with Crippen LogP contribution in [0.25, 0.3) is 0 Å². The van der Waals surface area contributed by atoms with Crippen molar-refractivity contribution in [1.82, 2.24) is 9.21 Å². The molecule has 23 heavy (non-hydrogen) atoms. The maximum atomic E-state index is 12.8. The van der Waals surface area contributed by atoms with E-state index in [4.69, 9.17) is 5.11 Å². The van der Waals surface area contributed by atoms with Gasteiger partial charge in [0.25, 0.3) is 0 Å². The van der Waals surface area contributed by atoms with Crippen LogP contribution < -0.4 is 0 Å². The van der Waals surface area contributed by atoms with E-state index in [0.29, 0.717) is 0 Å². The molecule has 0 saturated heterocycles. The van der Waals surface area contributed by atoms with Crippen LogP contribution in [-0.4, -0.2) is 61.8 Å². The van der Waals surface area contributed by atoms with Crippen LogP contribution in [0.4, 0.5) is 4.39 Å². The smallest absolute Gasteiger partial charge is 0.323 e. The molecule has 0 aliphatic heterocycles. The fraction of sp³-hybridized carbons (Fsp3) is 0.429. The second-order valence-electron chi connectivity index (χ2n) is 5.03. The molecule has 0 atom stereocenters. The van der Waals surface area contributed by atoms with Crippen LogP contribution in [0.3, 0.4) is 0 Å². The molecule has 1 rings (SSSR count). The van der Waals surface area contributed by atoms with E-state index in [0.717, 1.165) is 21.3 Å². The Morgan fingerprint density at radius 3 is 2.26 bits per heavy atom. The monoisotopic (exact) mass is 346 g/mol. The molecule has 0 spiro atoms.